The van der Waals surface area contributed by atoms with Crippen molar-refractivity contribution in [3.63, 3.8) is 0 Å². The molecule has 0 saturated carbocycles. The lowest BCUT2D eigenvalue weighted by atomic mass is 10.1. The van der Waals surface area contributed by atoms with Crippen molar-refractivity contribution < 1.29 is 18.8 Å². The monoisotopic (exact) mass is 488 g/mol. The van der Waals surface area contributed by atoms with Crippen LogP contribution in [0.2, 0.25) is 10.0 Å². The molecule has 1 saturated heterocycles. The number of carbonyl (C=O) groups excluding carboxylic acids is 3. The highest BCUT2D eigenvalue weighted by atomic mass is 35.5. The summed E-state index contributed by atoms with van der Waals surface area (Å²) in [7, 11) is 0. The smallest absolute Gasteiger partial charge is 0.294 e. The number of halogens is 2. The molecule has 0 aliphatic carbocycles. The van der Waals surface area contributed by atoms with Crippen molar-refractivity contribution in [2.24, 2.45) is 0 Å². The summed E-state index contributed by atoms with van der Waals surface area (Å²) in [5, 5.41) is 2.60. The largest absolute Gasteiger partial charge is 0.462 e. The predicted molar refractivity (Wildman–Crippen MR) is 125 cm³/mol. The summed E-state index contributed by atoms with van der Waals surface area (Å²) >= 11 is 12.7. The van der Waals surface area contributed by atoms with Crippen LogP contribution in [0.15, 0.2) is 56.8 Å². The molecule has 4 rings (SSSR count). The lowest BCUT2D eigenvalue weighted by Gasteiger charge is -2.12. The van der Waals surface area contributed by atoms with Gasteiger partial charge in [-0.05, 0) is 49.0 Å². The molecule has 1 aliphatic rings. The Balaban J connectivity index is 1.56. The quantitative estimate of drug-likeness (QED) is 0.514. The number of aryl methyl sites for hydroxylation is 1. The zero-order valence-corrected chi connectivity index (χ0v) is 18.8. The van der Waals surface area contributed by atoms with Crippen LogP contribution < -0.4 is 10.7 Å². The second-order valence-corrected chi connectivity index (χ2v) is 8.80. The number of anilines is 1. The SMILES string of the molecule is Cc1ccc(NC(=O)CN2C(=O)S/C(=C\c3coc4c(Cl)cc(Cl)cc4c3=O)C2=O)cc1. The van der Waals surface area contributed by atoms with Gasteiger partial charge in [-0.2, -0.15) is 0 Å². The lowest BCUT2D eigenvalue weighted by molar-refractivity contribution is -0.127. The zero-order valence-electron chi connectivity index (χ0n) is 16.5. The van der Waals surface area contributed by atoms with Crippen LogP contribution in [0.3, 0.4) is 0 Å². The van der Waals surface area contributed by atoms with E-state index in [1.165, 1.54) is 18.2 Å². The number of hydrogen-bond donors (Lipinski definition) is 1. The van der Waals surface area contributed by atoms with Crippen molar-refractivity contribution >= 4 is 74.7 Å². The first kappa shape index (κ1) is 22.1. The molecule has 2 aromatic carbocycles. The first-order valence-electron chi connectivity index (χ1n) is 9.25. The van der Waals surface area contributed by atoms with Gasteiger partial charge < -0.3 is 9.73 Å². The maximum atomic E-state index is 12.8. The average molecular weight is 489 g/mol. The van der Waals surface area contributed by atoms with E-state index in [-0.39, 0.29) is 31.5 Å². The summed E-state index contributed by atoms with van der Waals surface area (Å²) in [5.41, 5.74) is 1.33. The van der Waals surface area contributed by atoms with Crippen LogP contribution in [0, 0.1) is 6.92 Å². The molecule has 10 heteroatoms. The number of rotatable bonds is 4. The molecule has 1 aromatic heterocycles. The van der Waals surface area contributed by atoms with Crippen LogP contribution in [0.5, 0.6) is 0 Å². The third-order valence-corrected chi connectivity index (χ3v) is 6.02. The zero-order chi connectivity index (χ0) is 23.0. The fourth-order valence-electron chi connectivity index (χ4n) is 3.04. The number of fused-ring (bicyclic) bond motifs is 1. The summed E-state index contributed by atoms with van der Waals surface area (Å²) in [5.74, 6) is -1.20. The minimum atomic E-state index is -0.678. The molecule has 3 aromatic rings. The minimum absolute atomic E-state index is 0.00193. The summed E-state index contributed by atoms with van der Waals surface area (Å²) in [6.45, 7) is 1.46. The average Bonchev–Trinajstić information content (AvgIpc) is 2.99. The minimum Gasteiger partial charge on any atom is -0.462 e. The highest BCUT2D eigenvalue weighted by Gasteiger charge is 2.36. The molecule has 0 radical (unpaired) electrons. The fourth-order valence-corrected chi connectivity index (χ4v) is 4.41. The van der Waals surface area contributed by atoms with Gasteiger partial charge >= 0.3 is 0 Å². The Labute approximate surface area is 196 Å². The molecule has 7 nitrogen and oxygen atoms in total. The molecule has 2 heterocycles. The highest BCUT2D eigenvalue weighted by molar-refractivity contribution is 8.18. The van der Waals surface area contributed by atoms with Gasteiger partial charge in [0.2, 0.25) is 5.91 Å². The number of amides is 3. The first-order valence-corrected chi connectivity index (χ1v) is 10.8. The van der Waals surface area contributed by atoms with Crippen molar-refractivity contribution in [1.82, 2.24) is 4.90 Å². The van der Waals surface area contributed by atoms with Crippen molar-refractivity contribution in [2.75, 3.05) is 11.9 Å². The van der Waals surface area contributed by atoms with Crippen LogP contribution in [-0.4, -0.2) is 28.5 Å². The van der Waals surface area contributed by atoms with Gasteiger partial charge in [-0.25, -0.2) is 0 Å². The van der Waals surface area contributed by atoms with Gasteiger partial charge in [-0.3, -0.25) is 24.1 Å². The number of nitrogens with one attached hydrogen (secondary N) is 1. The van der Waals surface area contributed by atoms with Gasteiger partial charge in [0, 0.05) is 10.7 Å². The van der Waals surface area contributed by atoms with E-state index in [1.807, 2.05) is 19.1 Å². The molecule has 0 bridgehead atoms. The normalized spacial score (nSPS) is 15.1. The van der Waals surface area contributed by atoms with Crippen LogP contribution in [0.4, 0.5) is 10.5 Å². The maximum Gasteiger partial charge on any atom is 0.294 e. The van der Waals surface area contributed by atoms with E-state index in [0.717, 1.165) is 16.7 Å². The van der Waals surface area contributed by atoms with Crippen LogP contribution in [0.25, 0.3) is 17.0 Å². The van der Waals surface area contributed by atoms with E-state index in [0.29, 0.717) is 17.4 Å². The standard InChI is InChI=1S/C22H14Cl2N2O5S/c1-11-2-4-14(5-3-11)25-18(27)9-26-21(29)17(32-22(26)30)6-12-10-31-20-15(19(12)28)7-13(23)8-16(20)24/h2-8,10H,9H2,1H3,(H,25,27)/b17-6-. The second-order valence-electron chi connectivity index (χ2n) is 6.97. The molecule has 32 heavy (non-hydrogen) atoms. The number of carbonyl (C=O) groups is 3. The molecule has 162 valence electrons. The van der Waals surface area contributed by atoms with Crippen molar-refractivity contribution in [2.45, 2.75) is 6.92 Å². The highest BCUT2D eigenvalue weighted by Crippen LogP contribution is 2.32. The van der Waals surface area contributed by atoms with E-state index in [4.69, 9.17) is 27.6 Å². The Morgan fingerprint density at radius 3 is 2.59 bits per heavy atom. The number of thioether (sulfide) groups is 1. The Morgan fingerprint density at radius 2 is 1.88 bits per heavy atom. The number of benzene rings is 2. The number of hydrogen-bond acceptors (Lipinski definition) is 6. The van der Waals surface area contributed by atoms with Gasteiger partial charge in [0.05, 0.1) is 20.9 Å². The Kier molecular flexibility index (Phi) is 6.10. The van der Waals surface area contributed by atoms with Crippen molar-refractivity contribution in [3.05, 3.63) is 79.0 Å². The molecule has 3 amide bonds. The predicted octanol–water partition coefficient (Wildman–Crippen LogP) is 5.08. The topological polar surface area (TPSA) is 96.7 Å². The summed E-state index contributed by atoms with van der Waals surface area (Å²) in [6, 6.07) is 9.95. The number of imide groups is 1. The summed E-state index contributed by atoms with van der Waals surface area (Å²) in [6.07, 6.45) is 2.41. The Bertz CT molecular complexity index is 1370. The van der Waals surface area contributed by atoms with Gasteiger partial charge in [0.15, 0.2) is 11.0 Å². The third-order valence-electron chi connectivity index (χ3n) is 4.62. The van der Waals surface area contributed by atoms with Gasteiger partial charge in [0.25, 0.3) is 11.1 Å². The fraction of sp³-hybridized carbons (Fsp3) is 0.0909. The third kappa shape index (κ3) is 4.43. The van der Waals surface area contributed by atoms with Crippen molar-refractivity contribution in [3.8, 4) is 0 Å². The molecule has 0 unspecified atom stereocenters. The Morgan fingerprint density at radius 1 is 1.16 bits per heavy atom. The first-order chi connectivity index (χ1) is 15.2. The van der Waals surface area contributed by atoms with E-state index in [2.05, 4.69) is 5.32 Å². The molecule has 1 aliphatic heterocycles. The molecular formula is C22H14Cl2N2O5S. The Hall–Kier alpha value is -3.07. The second kappa shape index (κ2) is 8.82. The van der Waals surface area contributed by atoms with Crippen LogP contribution >= 0.6 is 35.0 Å². The molecule has 1 N–H and O–H groups in total. The van der Waals surface area contributed by atoms with Crippen LogP contribution in [-0.2, 0) is 9.59 Å². The van der Waals surface area contributed by atoms with Gasteiger partial charge in [-0.15, -0.1) is 0 Å². The molecule has 0 spiro atoms. The lowest BCUT2D eigenvalue weighted by Crippen LogP contribution is -2.36. The molecule has 1 fully saturated rings. The van der Waals surface area contributed by atoms with E-state index < -0.39 is 29.0 Å². The van der Waals surface area contributed by atoms with E-state index >= 15 is 0 Å². The summed E-state index contributed by atoms with van der Waals surface area (Å²) in [4.78, 5) is 50.9. The molecule has 0 atom stereocenters. The van der Waals surface area contributed by atoms with Crippen molar-refractivity contribution in [1.29, 1.82) is 0 Å². The van der Waals surface area contributed by atoms with E-state index in [9.17, 15) is 19.2 Å². The van der Waals surface area contributed by atoms with Crippen LogP contribution in [0.1, 0.15) is 11.1 Å². The molecular weight excluding hydrogens is 475 g/mol. The maximum absolute atomic E-state index is 12.8. The summed E-state index contributed by atoms with van der Waals surface area (Å²) < 4.78 is 5.43. The van der Waals surface area contributed by atoms with Gasteiger partial charge in [-0.1, -0.05) is 40.9 Å². The number of nitrogens with zero attached hydrogens (tertiary/aromatic N) is 1. The van der Waals surface area contributed by atoms with E-state index in [1.54, 1.807) is 12.1 Å². The van der Waals surface area contributed by atoms with Gasteiger partial charge in [0.1, 0.15) is 12.8 Å².